The van der Waals surface area contributed by atoms with Crippen LogP contribution in [-0.4, -0.2) is 6.61 Å². The van der Waals surface area contributed by atoms with Gasteiger partial charge in [-0.3, -0.25) is 0 Å². The summed E-state index contributed by atoms with van der Waals surface area (Å²) in [5.74, 6) is 1.78. The van der Waals surface area contributed by atoms with E-state index < -0.39 is 0 Å². The second-order valence-corrected chi connectivity index (χ2v) is 5.56. The van der Waals surface area contributed by atoms with Gasteiger partial charge >= 0.3 is 0 Å². The fourth-order valence-electron chi connectivity index (χ4n) is 3.13. The molecule has 2 aromatic rings. The van der Waals surface area contributed by atoms with Gasteiger partial charge in [-0.05, 0) is 49.3 Å². The summed E-state index contributed by atoms with van der Waals surface area (Å²) in [6.07, 6.45) is 6.00. The van der Waals surface area contributed by atoms with Gasteiger partial charge in [0.2, 0.25) is 0 Å². The van der Waals surface area contributed by atoms with Crippen molar-refractivity contribution in [1.29, 1.82) is 5.26 Å². The van der Waals surface area contributed by atoms with Gasteiger partial charge in [0.25, 0.3) is 0 Å². The summed E-state index contributed by atoms with van der Waals surface area (Å²) in [7, 11) is 0. The Hall–Kier alpha value is -1.95. The summed E-state index contributed by atoms with van der Waals surface area (Å²) in [6, 6.07) is 6.37. The summed E-state index contributed by atoms with van der Waals surface area (Å²) in [5.41, 5.74) is 3.50. The molecule has 0 N–H and O–H groups in total. The van der Waals surface area contributed by atoms with Crippen molar-refractivity contribution in [2.45, 2.75) is 25.7 Å². The minimum Gasteiger partial charge on any atom is -0.493 e. The van der Waals surface area contributed by atoms with Crippen molar-refractivity contribution in [1.82, 2.24) is 0 Å². The SMILES string of the molecule is N#CC1CC1Cc1coc2ccc3c(c12)CCCO3. The number of fused-ring (bicyclic) bond motifs is 3. The van der Waals surface area contributed by atoms with Crippen LogP contribution >= 0.6 is 0 Å². The highest BCUT2D eigenvalue weighted by Crippen LogP contribution is 2.43. The number of rotatable bonds is 2. The maximum absolute atomic E-state index is 8.92. The third-order valence-electron chi connectivity index (χ3n) is 4.28. The molecule has 2 atom stereocenters. The number of aryl methyl sites for hydroxylation is 1. The van der Waals surface area contributed by atoms with Crippen LogP contribution in [0.4, 0.5) is 0 Å². The van der Waals surface area contributed by atoms with Crippen molar-refractivity contribution in [2.75, 3.05) is 6.61 Å². The highest BCUT2D eigenvalue weighted by molar-refractivity contribution is 5.87. The molecule has 2 aliphatic rings. The van der Waals surface area contributed by atoms with Gasteiger partial charge < -0.3 is 9.15 Å². The van der Waals surface area contributed by atoms with Crippen LogP contribution in [0.5, 0.6) is 5.75 Å². The average Bonchev–Trinajstić information content (AvgIpc) is 3.08. The van der Waals surface area contributed by atoms with Gasteiger partial charge in [0.05, 0.1) is 18.9 Å². The third kappa shape index (κ3) is 1.71. The highest BCUT2D eigenvalue weighted by atomic mass is 16.5. The van der Waals surface area contributed by atoms with Crippen LogP contribution in [0.2, 0.25) is 0 Å². The monoisotopic (exact) mass is 253 g/mol. The van der Waals surface area contributed by atoms with Crippen molar-refractivity contribution in [3.8, 4) is 11.8 Å². The molecule has 1 aromatic carbocycles. The summed E-state index contributed by atoms with van der Waals surface area (Å²) < 4.78 is 11.4. The Labute approximate surface area is 111 Å². The minimum atomic E-state index is 0.251. The number of furan rings is 1. The van der Waals surface area contributed by atoms with Crippen LogP contribution in [0.1, 0.15) is 24.0 Å². The van der Waals surface area contributed by atoms with Crippen molar-refractivity contribution in [3.05, 3.63) is 29.5 Å². The number of ether oxygens (including phenoxy) is 1. The smallest absolute Gasteiger partial charge is 0.134 e. The van der Waals surface area contributed by atoms with E-state index in [1.165, 1.54) is 16.5 Å². The molecule has 0 bridgehead atoms. The first-order chi connectivity index (χ1) is 9.36. The molecule has 1 aliphatic carbocycles. The maximum Gasteiger partial charge on any atom is 0.134 e. The van der Waals surface area contributed by atoms with Gasteiger partial charge in [-0.1, -0.05) is 0 Å². The fraction of sp³-hybridized carbons (Fsp3) is 0.438. The molecule has 19 heavy (non-hydrogen) atoms. The molecule has 3 nitrogen and oxygen atoms in total. The van der Waals surface area contributed by atoms with Crippen LogP contribution in [-0.2, 0) is 12.8 Å². The zero-order chi connectivity index (χ0) is 12.8. The number of hydrogen-bond donors (Lipinski definition) is 0. The van der Waals surface area contributed by atoms with Crippen molar-refractivity contribution in [3.63, 3.8) is 0 Å². The number of nitrogens with zero attached hydrogens (tertiary/aromatic N) is 1. The lowest BCUT2D eigenvalue weighted by molar-refractivity contribution is 0.289. The molecule has 0 spiro atoms. The molecule has 2 heterocycles. The molecular weight excluding hydrogens is 238 g/mol. The van der Waals surface area contributed by atoms with Crippen LogP contribution in [0.25, 0.3) is 11.0 Å². The van der Waals surface area contributed by atoms with Crippen LogP contribution in [0.15, 0.2) is 22.8 Å². The Bertz CT molecular complexity index is 680. The zero-order valence-corrected chi connectivity index (χ0v) is 10.7. The van der Waals surface area contributed by atoms with E-state index in [1.807, 2.05) is 18.4 Å². The highest BCUT2D eigenvalue weighted by Gasteiger charge is 2.37. The first kappa shape index (κ1) is 10.9. The number of benzene rings is 1. The predicted molar refractivity (Wildman–Crippen MR) is 70.9 cm³/mol. The molecular formula is C16H15NO2. The van der Waals surface area contributed by atoms with E-state index in [-0.39, 0.29) is 5.92 Å². The molecule has 0 saturated heterocycles. The normalized spacial score (nSPS) is 24.6. The van der Waals surface area contributed by atoms with Crippen molar-refractivity contribution < 1.29 is 9.15 Å². The Morgan fingerprint density at radius 1 is 1.37 bits per heavy atom. The lowest BCUT2D eigenvalue weighted by atomic mass is 9.97. The molecule has 0 amide bonds. The van der Waals surface area contributed by atoms with Gasteiger partial charge in [0, 0.05) is 16.9 Å². The molecule has 0 radical (unpaired) electrons. The Balaban J connectivity index is 1.77. The van der Waals surface area contributed by atoms with Gasteiger partial charge in [-0.2, -0.15) is 5.26 Å². The quantitative estimate of drug-likeness (QED) is 0.823. The Morgan fingerprint density at radius 3 is 3.16 bits per heavy atom. The van der Waals surface area contributed by atoms with Gasteiger partial charge in [0.15, 0.2) is 0 Å². The summed E-state index contributed by atoms with van der Waals surface area (Å²) in [4.78, 5) is 0. The van der Waals surface area contributed by atoms with Crippen LogP contribution in [0, 0.1) is 23.2 Å². The molecule has 1 aromatic heterocycles. The minimum absolute atomic E-state index is 0.251. The predicted octanol–water partition coefficient (Wildman–Crippen LogP) is 3.46. The first-order valence-electron chi connectivity index (χ1n) is 6.91. The standard InChI is InChI=1S/C16H15NO2/c17-8-11-6-10(11)7-12-9-19-15-4-3-14-13(16(12)15)2-1-5-18-14/h3-4,9-11H,1-2,5-7H2. The van der Waals surface area contributed by atoms with E-state index in [9.17, 15) is 0 Å². The van der Waals surface area contributed by atoms with E-state index in [4.69, 9.17) is 14.4 Å². The first-order valence-corrected chi connectivity index (χ1v) is 6.91. The lowest BCUT2D eigenvalue weighted by Gasteiger charge is -2.18. The molecule has 96 valence electrons. The average molecular weight is 253 g/mol. The fourth-order valence-corrected chi connectivity index (χ4v) is 3.13. The number of nitriles is 1. The Kier molecular flexibility index (Phi) is 2.32. The van der Waals surface area contributed by atoms with E-state index >= 15 is 0 Å². The van der Waals surface area contributed by atoms with Crippen LogP contribution in [0.3, 0.4) is 0 Å². The van der Waals surface area contributed by atoms with Gasteiger partial charge in [-0.15, -0.1) is 0 Å². The molecule has 4 rings (SSSR count). The molecule has 1 aliphatic heterocycles. The molecule has 1 saturated carbocycles. The van der Waals surface area contributed by atoms with E-state index in [0.29, 0.717) is 5.92 Å². The zero-order valence-electron chi connectivity index (χ0n) is 10.7. The van der Waals surface area contributed by atoms with E-state index in [2.05, 4.69) is 6.07 Å². The summed E-state index contributed by atoms with van der Waals surface area (Å²) in [6.45, 7) is 0.810. The van der Waals surface area contributed by atoms with Gasteiger partial charge in [-0.25, -0.2) is 0 Å². The second-order valence-electron chi connectivity index (χ2n) is 5.56. The molecule has 2 unspecified atom stereocenters. The third-order valence-corrected chi connectivity index (χ3v) is 4.28. The molecule has 1 fully saturated rings. The Morgan fingerprint density at radius 2 is 2.32 bits per heavy atom. The largest absolute Gasteiger partial charge is 0.493 e. The van der Waals surface area contributed by atoms with E-state index in [0.717, 1.165) is 43.6 Å². The van der Waals surface area contributed by atoms with Crippen molar-refractivity contribution >= 4 is 11.0 Å². The molecule has 3 heteroatoms. The second kappa shape index (κ2) is 4.03. The van der Waals surface area contributed by atoms with Crippen molar-refractivity contribution in [2.24, 2.45) is 11.8 Å². The maximum atomic E-state index is 8.92. The van der Waals surface area contributed by atoms with Crippen LogP contribution < -0.4 is 4.74 Å². The lowest BCUT2D eigenvalue weighted by Crippen LogP contribution is -2.08. The van der Waals surface area contributed by atoms with E-state index in [1.54, 1.807) is 0 Å². The van der Waals surface area contributed by atoms with Gasteiger partial charge in [0.1, 0.15) is 11.3 Å². The topological polar surface area (TPSA) is 46.2 Å². The summed E-state index contributed by atoms with van der Waals surface area (Å²) >= 11 is 0. The summed E-state index contributed by atoms with van der Waals surface area (Å²) in [5, 5.41) is 10.2. The number of hydrogen-bond acceptors (Lipinski definition) is 3.